The first-order chi connectivity index (χ1) is 10.6. The summed E-state index contributed by atoms with van der Waals surface area (Å²) in [4.78, 5) is 11.9. The Morgan fingerprint density at radius 3 is 2.41 bits per heavy atom. The van der Waals surface area contributed by atoms with Gasteiger partial charge in [-0.25, -0.2) is 4.79 Å². The molecule has 0 aromatic heterocycles. The van der Waals surface area contributed by atoms with Gasteiger partial charge in [0, 0.05) is 11.6 Å². The van der Waals surface area contributed by atoms with Crippen molar-refractivity contribution >= 4 is 17.6 Å². The number of urea groups is 1. The number of aliphatic hydroxyl groups excluding tert-OH is 1. The summed E-state index contributed by atoms with van der Waals surface area (Å²) in [6.07, 6.45) is -0.792. The Bertz CT molecular complexity index is 602. The van der Waals surface area contributed by atoms with E-state index in [2.05, 4.69) is 10.6 Å². The molecular formula is C17H19ClN2O2. The number of benzene rings is 2. The summed E-state index contributed by atoms with van der Waals surface area (Å²) in [6, 6.07) is 15.8. The lowest BCUT2D eigenvalue weighted by Crippen LogP contribution is -2.43. The average molecular weight is 319 g/mol. The van der Waals surface area contributed by atoms with Crippen molar-refractivity contribution in [2.75, 3.05) is 0 Å². The number of aliphatic hydroxyl groups is 1. The maximum absolute atomic E-state index is 11.9. The molecule has 0 aliphatic carbocycles. The first kappa shape index (κ1) is 16.3. The van der Waals surface area contributed by atoms with Gasteiger partial charge in [-0.15, -0.1) is 0 Å². The topological polar surface area (TPSA) is 61.4 Å². The fourth-order valence-electron chi connectivity index (χ4n) is 2.06. The second-order valence-electron chi connectivity index (χ2n) is 5.10. The summed E-state index contributed by atoms with van der Waals surface area (Å²) in [6.45, 7) is 2.19. The maximum atomic E-state index is 11.9. The molecule has 4 nitrogen and oxygen atoms in total. The number of amides is 2. The van der Waals surface area contributed by atoms with Gasteiger partial charge < -0.3 is 15.7 Å². The Kier molecular flexibility index (Phi) is 5.81. The number of carbonyl (C=O) groups is 1. The molecule has 0 bridgehead atoms. The van der Waals surface area contributed by atoms with E-state index >= 15 is 0 Å². The van der Waals surface area contributed by atoms with E-state index in [9.17, 15) is 9.90 Å². The summed E-state index contributed by atoms with van der Waals surface area (Å²) in [5.41, 5.74) is 1.73. The van der Waals surface area contributed by atoms with Crippen LogP contribution in [0.4, 0.5) is 4.79 Å². The first-order valence-corrected chi connectivity index (χ1v) is 7.46. The number of rotatable bonds is 5. The van der Waals surface area contributed by atoms with Crippen molar-refractivity contribution in [3.8, 4) is 0 Å². The molecule has 22 heavy (non-hydrogen) atoms. The van der Waals surface area contributed by atoms with Crippen LogP contribution in [0.1, 0.15) is 24.2 Å². The summed E-state index contributed by atoms with van der Waals surface area (Å²) >= 11 is 5.82. The molecule has 2 unspecified atom stereocenters. The summed E-state index contributed by atoms with van der Waals surface area (Å²) in [5.74, 6) is 0. The zero-order valence-electron chi connectivity index (χ0n) is 12.3. The van der Waals surface area contributed by atoms with Crippen molar-refractivity contribution in [3.63, 3.8) is 0 Å². The van der Waals surface area contributed by atoms with Crippen LogP contribution in [0.2, 0.25) is 5.02 Å². The van der Waals surface area contributed by atoms with E-state index < -0.39 is 12.1 Å². The molecule has 0 saturated carbocycles. The molecule has 3 N–H and O–H groups in total. The fraction of sp³-hybridized carbons (Fsp3) is 0.235. The maximum Gasteiger partial charge on any atom is 0.315 e. The third-order valence-electron chi connectivity index (χ3n) is 3.34. The van der Waals surface area contributed by atoms with Crippen molar-refractivity contribution in [3.05, 3.63) is 70.7 Å². The highest BCUT2D eigenvalue weighted by molar-refractivity contribution is 6.30. The second kappa shape index (κ2) is 7.82. The number of hydrogen-bond acceptors (Lipinski definition) is 2. The molecule has 2 amide bonds. The Hall–Kier alpha value is -2.04. The van der Waals surface area contributed by atoms with Gasteiger partial charge in [-0.05, 0) is 30.2 Å². The minimum absolute atomic E-state index is 0.315. The molecule has 0 fully saturated rings. The van der Waals surface area contributed by atoms with Gasteiger partial charge in [0.05, 0.1) is 12.1 Å². The normalized spacial score (nSPS) is 13.2. The minimum atomic E-state index is -0.792. The van der Waals surface area contributed by atoms with Gasteiger partial charge >= 0.3 is 6.03 Å². The third-order valence-corrected chi connectivity index (χ3v) is 3.59. The largest absolute Gasteiger partial charge is 0.386 e. The summed E-state index contributed by atoms with van der Waals surface area (Å²) in [7, 11) is 0. The van der Waals surface area contributed by atoms with E-state index in [1.807, 2.05) is 30.3 Å². The highest BCUT2D eigenvalue weighted by atomic mass is 35.5. The van der Waals surface area contributed by atoms with Crippen LogP contribution in [0.25, 0.3) is 0 Å². The molecule has 0 aliphatic rings. The van der Waals surface area contributed by atoms with Gasteiger partial charge in [-0.3, -0.25) is 0 Å². The zero-order chi connectivity index (χ0) is 15.9. The lowest BCUT2D eigenvalue weighted by molar-refractivity contribution is 0.137. The zero-order valence-corrected chi connectivity index (χ0v) is 13.0. The van der Waals surface area contributed by atoms with E-state index in [4.69, 9.17) is 11.6 Å². The van der Waals surface area contributed by atoms with Gasteiger partial charge in [0.15, 0.2) is 0 Å². The summed E-state index contributed by atoms with van der Waals surface area (Å²) in [5, 5.41) is 16.3. The van der Waals surface area contributed by atoms with Crippen molar-refractivity contribution in [1.29, 1.82) is 0 Å². The Balaban J connectivity index is 1.84. The molecule has 2 atom stereocenters. The van der Waals surface area contributed by atoms with Gasteiger partial charge in [0.2, 0.25) is 0 Å². The van der Waals surface area contributed by atoms with Crippen molar-refractivity contribution in [2.45, 2.75) is 25.6 Å². The van der Waals surface area contributed by atoms with Gasteiger partial charge in [-0.2, -0.15) is 0 Å². The van der Waals surface area contributed by atoms with E-state index in [-0.39, 0.29) is 6.03 Å². The first-order valence-electron chi connectivity index (χ1n) is 7.08. The van der Waals surface area contributed by atoms with E-state index in [0.717, 1.165) is 5.56 Å². The van der Waals surface area contributed by atoms with Crippen LogP contribution in [0.3, 0.4) is 0 Å². The fourth-order valence-corrected chi connectivity index (χ4v) is 2.19. The summed E-state index contributed by atoms with van der Waals surface area (Å²) < 4.78 is 0. The molecule has 0 spiro atoms. The van der Waals surface area contributed by atoms with Gasteiger partial charge in [0.25, 0.3) is 0 Å². The molecule has 0 saturated heterocycles. The van der Waals surface area contributed by atoms with Crippen LogP contribution in [0.15, 0.2) is 54.6 Å². The van der Waals surface area contributed by atoms with Crippen LogP contribution < -0.4 is 10.6 Å². The predicted molar refractivity (Wildman–Crippen MR) is 87.7 cm³/mol. The molecule has 116 valence electrons. The number of carbonyl (C=O) groups excluding carboxylic acids is 1. The van der Waals surface area contributed by atoms with Gasteiger partial charge in [0.1, 0.15) is 0 Å². The van der Waals surface area contributed by atoms with Crippen LogP contribution in [-0.4, -0.2) is 17.2 Å². The van der Waals surface area contributed by atoms with E-state index in [0.29, 0.717) is 17.1 Å². The van der Waals surface area contributed by atoms with Crippen molar-refractivity contribution in [1.82, 2.24) is 10.6 Å². The predicted octanol–water partition coefficient (Wildman–Crippen LogP) is 3.26. The smallest absolute Gasteiger partial charge is 0.315 e. The Labute approximate surface area is 135 Å². The molecule has 2 aromatic carbocycles. The quantitative estimate of drug-likeness (QED) is 0.792. The molecule has 0 heterocycles. The van der Waals surface area contributed by atoms with Gasteiger partial charge in [-0.1, -0.05) is 54.1 Å². The Morgan fingerprint density at radius 2 is 1.77 bits per heavy atom. The highest BCUT2D eigenvalue weighted by Gasteiger charge is 2.18. The lowest BCUT2D eigenvalue weighted by atomic mass is 10.0. The van der Waals surface area contributed by atoms with Crippen molar-refractivity contribution in [2.24, 2.45) is 0 Å². The number of nitrogens with one attached hydrogen (secondary N) is 2. The Morgan fingerprint density at radius 1 is 1.14 bits per heavy atom. The molecule has 2 aromatic rings. The second-order valence-corrected chi connectivity index (χ2v) is 5.53. The molecule has 0 aliphatic heterocycles. The van der Waals surface area contributed by atoms with Crippen LogP contribution in [-0.2, 0) is 6.54 Å². The van der Waals surface area contributed by atoms with Crippen molar-refractivity contribution < 1.29 is 9.90 Å². The number of hydrogen-bond donors (Lipinski definition) is 3. The van der Waals surface area contributed by atoms with E-state index in [1.165, 1.54) is 0 Å². The minimum Gasteiger partial charge on any atom is -0.386 e. The van der Waals surface area contributed by atoms with Crippen LogP contribution in [0, 0.1) is 0 Å². The SMILES string of the molecule is CC(NC(=O)NCc1ccccc1)C(O)c1ccc(Cl)cc1. The standard InChI is InChI=1S/C17H19ClN2O2/c1-12(16(21)14-7-9-15(18)10-8-14)20-17(22)19-11-13-5-3-2-4-6-13/h2-10,12,16,21H,11H2,1H3,(H2,19,20,22). The van der Waals surface area contributed by atoms with E-state index in [1.54, 1.807) is 31.2 Å². The third kappa shape index (κ3) is 4.76. The molecule has 2 rings (SSSR count). The lowest BCUT2D eigenvalue weighted by Gasteiger charge is -2.21. The molecule has 5 heteroatoms. The van der Waals surface area contributed by atoms with Crippen LogP contribution in [0.5, 0.6) is 0 Å². The highest BCUT2D eigenvalue weighted by Crippen LogP contribution is 2.19. The van der Waals surface area contributed by atoms with Crippen LogP contribution >= 0.6 is 11.6 Å². The molecule has 0 radical (unpaired) electrons. The monoisotopic (exact) mass is 318 g/mol. The number of halogens is 1. The molecular weight excluding hydrogens is 300 g/mol. The average Bonchev–Trinajstić information content (AvgIpc) is 2.54.